The van der Waals surface area contributed by atoms with E-state index in [4.69, 9.17) is 0 Å². The predicted octanol–water partition coefficient (Wildman–Crippen LogP) is 0.0521. The van der Waals surface area contributed by atoms with Crippen LogP contribution in [0.3, 0.4) is 0 Å². The van der Waals surface area contributed by atoms with E-state index in [0.717, 1.165) is 6.54 Å². The number of rotatable bonds is 5. The second-order valence-corrected chi connectivity index (χ2v) is 2.39. The lowest BCUT2D eigenvalue weighted by Crippen LogP contribution is -2.33. The van der Waals surface area contributed by atoms with Crippen LogP contribution in [0.2, 0.25) is 0 Å². The SMILES string of the molecule is CCNC(C)CC(=O)NOC. The summed E-state index contributed by atoms with van der Waals surface area (Å²) >= 11 is 0. The summed E-state index contributed by atoms with van der Waals surface area (Å²) in [4.78, 5) is 15.3. The van der Waals surface area contributed by atoms with Gasteiger partial charge in [0.2, 0.25) is 5.91 Å². The number of nitrogens with one attached hydrogen (secondary N) is 2. The molecule has 1 amide bonds. The maximum absolute atomic E-state index is 10.9. The molecule has 11 heavy (non-hydrogen) atoms. The van der Waals surface area contributed by atoms with E-state index in [9.17, 15) is 4.79 Å². The van der Waals surface area contributed by atoms with Crippen LogP contribution in [0.4, 0.5) is 0 Å². The van der Waals surface area contributed by atoms with Gasteiger partial charge in [0.15, 0.2) is 0 Å². The summed E-state index contributed by atoms with van der Waals surface area (Å²) in [6.07, 6.45) is 0.446. The van der Waals surface area contributed by atoms with Crippen molar-refractivity contribution in [2.45, 2.75) is 26.3 Å². The van der Waals surface area contributed by atoms with Crippen molar-refractivity contribution in [2.75, 3.05) is 13.7 Å². The first-order chi connectivity index (χ1) is 5.20. The first-order valence-electron chi connectivity index (χ1n) is 3.75. The third-order valence-corrected chi connectivity index (χ3v) is 1.26. The summed E-state index contributed by atoms with van der Waals surface area (Å²) in [5.41, 5.74) is 2.26. The zero-order valence-electron chi connectivity index (χ0n) is 7.31. The Morgan fingerprint density at radius 2 is 2.27 bits per heavy atom. The summed E-state index contributed by atoms with van der Waals surface area (Å²) in [7, 11) is 1.43. The number of hydrogen-bond acceptors (Lipinski definition) is 3. The molecule has 0 radical (unpaired) electrons. The zero-order valence-corrected chi connectivity index (χ0v) is 7.31. The largest absolute Gasteiger partial charge is 0.314 e. The summed E-state index contributed by atoms with van der Waals surface area (Å²) in [5.74, 6) is -0.0963. The lowest BCUT2D eigenvalue weighted by atomic mass is 10.2. The van der Waals surface area contributed by atoms with Crippen LogP contribution in [0.1, 0.15) is 20.3 Å². The molecule has 1 atom stereocenters. The third kappa shape index (κ3) is 5.82. The van der Waals surface area contributed by atoms with Crippen LogP contribution >= 0.6 is 0 Å². The van der Waals surface area contributed by atoms with Gasteiger partial charge in [-0.3, -0.25) is 9.63 Å². The van der Waals surface area contributed by atoms with Crippen molar-refractivity contribution >= 4 is 5.91 Å². The van der Waals surface area contributed by atoms with Crippen LogP contribution < -0.4 is 10.8 Å². The van der Waals surface area contributed by atoms with E-state index in [1.54, 1.807) is 0 Å². The molecular weight excluding hydrogens is 144 g/mol. The van der Waals surface area contributed by atoms with Crippen LogP contribution in [0.15, 0.2) is 0 Å². The summed E-state index contributed by atoms with van der Waals surface area (Å²) in [5, 5.41) is 3.12. The van der Waals surface area contributed by atoms with Crippen LogP contribution in [0.5, 0.6) is 0 Å². The van der Waals surface area contributed by atoms with Gasteiger partial charge < -0.3 is 5.32 Å². The lowest BCUT2D eigenvalue weighted by Gasteiger charge is -2.10. The first-order valence-corrected chi connectivity index (χ1v) is 3.75. The fraction of sp³-hybridized carbons (Fsp3) is 0.857. The zero-order chi connectivity index (χ0) is 8.69. The van der Waals surface area contributed by atoms with Crippen LogP contribution in [0.25, 0.3) is 0 Å². The fourth-order valence-electron chi connectivity index (χ4n) is 0.854. The molecule has 0 aliphatic rings. The molecule has 0 aliphatic carbocycles. The average molecular weight is 160 g/mol. The first kappa shape index (κ1) is 10.4. The molecular formula is C7H16N2O2. The fourth-order valence-corrected chi connectivity index (χ4v) is 0.854. The topological polar surface area (TPSA) is 50.4 Å². The highest BCUT2D eigenvalue weighted by Crippen LogP contribution is 1.88. The monoisotopic (exact) mass is 160 g/mol. The van der Waals surface area contributed by atoms with Gasteiger partial charge >= 0.3 is 0 Å². The van der Waals surface area contributed by atoms with E-state index >= 15 is 0 Å². The van der Waals surface area contributed by atoms with Crippen LogP contribution in [-0.2, 0) is 9.63 Å². The number of hydroxylamine groups is 1. The molecule has 66 valence electrons. The van der Waals surface area contributed by atoms with Gasteiger partial charge in [0, 0.05) is 12.5 Å². The van der Waals surface area contributed by atoms with Gasteiger partial charge in [-0.2, -0.15) is 0 Å². The molecule has 0 bridgehead atoms. The van der Waals surface area contributed by atoms with Crippen molar-refractivity contribution in [3.63, 3.8) is 0 Å². The number of carbonyl (C=O) groups excluding carboxylic acids is 1. The van der Waals surface area contributed by atoms with E-state index in [1.165, 1.54) is 7.11 Å². The Balaban J connectivity index is 3.40. The molecule has 2 N–H and O–H groups in total. The second-order valence-electron chi connectivity index (χ2n) is 2.39. The molecule has 0 aromatic heterocycles. The maximum atomic E-state index is 10.9. The number of carbonyl (C=O) groups is 1. The second kappa shape index (κ2) is 6.12. The molecule has 0 heterocycles. The lowest BCUT2D eigenvalue weighted by molar-refractivity contribution is -0.131. The highest BCUT2D eigenvalue weighted by atomic mass is 16.6. The minimum absolute atomic E-state index is 0.0963. The molecule has 0 fully saturated rings. The molecule has 4 heteroatoms. The Kier molecular flexibility index (Phi) is 5.78. The molecule has 0 aromatic carbocycles. The normalized spacial score (nSPS) is 12.6. The summed E-state index contributed by atoms with van der Waals surface area (Å²) < 4.78 is 0. The molecule has 0 saturated carbocycles. The Hall–Kier alpha value is -0.610. The Morgan fingerprint density at radius 3 is 2.73 bits per heavy atom. The van der Waals surface area contributed by atoms with E-state index < -0.39 is 0 Å². The highest BCUT2D eigenvalue weighted by Gasteiger charge is 2.05. The van der Waals surface area contributed by atoms with Crippen LogP contribution in [-0.4, -0.2) is 25.6 Å². The molecule has 0 rings (SSSR count). The van der Waals surface area contributed by atoms with E-state index in [-0.39, 0.29) is 11.9 Å². The average Bonchev–Trinajstić information content (AvgIpc) is 1.87. The third-order valence-electron chi connectivity index (χ3n) is 1.26. The van der Waals surface area contributed by atoms with Crippen molar-refractivity contribution in [3.05, 3.63) is 0 Å². The summed E-state index contributed by atoms with van der Waals surface area (Å²) in [6, 6.07) is 0.204. The highest BCUT2D eigenvalue weighted by molar-refractivity contribution is 5.75. The quantitative estimate of drug-likeness (QED) is 0.559. The summed E-state index contributed by atoms with van der Waals surface area (Å²) in [6.45, 7) is 4.84. The molecule has 4 nitrogen and oxygen atoms in total. The van der Waals surface area contributed by atoms with Gasteiger partial charge in [-0.15, -0.1) is 0 Å². The van der Waals surface area contributed by atoms with E-state index in [0.29, 0.717) is 6.42 Å². The maximum Gasteiger partial charge on any atom is 0.245 e. The van der Waals surface area contributed by atoms with Crippen molar-refractivity contribution in [3.8, 4) is 0 Å². The van der Waals surface area contributed by atoms with Crippen molar-refractivity contribution in [2.24, 2.45) is 0 Å². The van der Waals surface area contributed by atoms with Crippen molar-refractivity contribution < 1.29 is 9.63 Å². The van der Waals surface area contributed by atoms with Crippen LogP contribution in [0, 0.1) is 0 Å². The predicted molar refractivity (Wildman–Crippen MR) is 42.9 cm³/mol. The van der Waals surface area contributed by atoms with Gasteiger partial charge in [-0.25, -0.2) is 5.48 Å². The molecule has 0 aromatic rings. The Labute approximate surface area is 67.3 Å². The molecule has 0 spiro atoms. The molecule has 0 aliphatic heterocycles. The molecule has 0 saturated heterocycles. The van der Waals surface area contributed by atoms with E-state index in [1.807, 2.05) is 13.8 Å². The smallest absolute Gasteiger partial charge is 0.245 e. The minimum Gasteiger partial charge on any atom is -0.314 e. The minimum atomic E-state index is -0.0963. The Morgan fingerprint density at radius 1 is 1.64 bits per heavy atom. The van der Waals surface area contributed by atoms with Crippen molar-refractivity contribution in [1.29, 1.82) is 0 Å². The number of amides is 1. The van der Waals surface area contributed by atoms with Gasteiger partial charge in [-0.1, -0.05) is 6.92 Å². The number of hydrogen-bond donors (Lipinski definition) is 2. The van der Waals surface area contributed by atoms with E-state index in [2.05, 4.69) is 15.6 Å². The van der Waals surface area contributed by atoms with Gasteiger partial charge in [0.25, 0.3) is 0 Å². The van der Waals surface area contributed by atoms with Gasteiger partial charge in [0.1, 0.15) is 0 Å². The standard InChI is InChI=1S/C7H16N2O2/c1-4-8-6(2)5-7(10)9-11-3/h6,8H,4-5H2,1-3H3,(H,9,10). The van der Waals surface area contributed by atoms with Gasteiger partial charge in [-0.05, 0) is 13.5 Å². The molecule has 1 unspecified atom stereocenters. The van der Waals surface area contributed by atoms with Gasteiger partial charge in [0.05, 0.1) is 7.11 Å². The van der Waals surface area contributed by atoms with Crippen molar-refractivity contribution in [1.82, 2.24) is 10.8 Å². The Bertz CT molecular complexity index is 117.